The average molecular weight is 383 g/mol. The molecule has 0 aliphatic rings. The van der Waals surface area contributed by atoms with E-state index in [0.717, 1.165) is 16.8 Å². The lowest BCUT2D eigenvalue weighted by Crippen LogP contribution is -2.30. The van der Waals surface area contributed by atoms with E-state index in [2.05, 4.69) is 26.1 Å². The van der Waals surface area contributed by atoms with Gasteiger partial charge < -0.3 is 11.1 Å². The van der Waals surface area contributed by atoms with Gasteiger partial charge in [0.05, 0.1) is 0 Å². The summed E-state index contributed by atoms with van der Waals surface area (Å²) in [7, 11) is 0. The number of halogens is 1. The molecule has 0 saturated heterocycles. The van der Waals surface area contributed by atoms with E-state index in [4.69, 9.17) is 17.3 Å². The van der Waals surface area contributed by atoms with Crippen molar-refractivity contribution in [2.75, 3.05) is 16.5 Å². The molecular weight excluding hydrogens is 364 g/mol. The lowest BCUT2D eigenvalue weighted by molar-refractivity contribution is 0.0962. The summed E-state index contributed by atoms with van der Waals surface area (Å²) in [5.41, 5.74) is 15.0. The van der Waals surface area contributed by atoms with Crippen LogP contribution in [0.2, 0.25) is 5.02 Å². The van der Waals surface area contributed by atoms with Gasteiger partial charge in [-0.25, -0.2) is 9.97 Å². The van der Waals surface area contributed by atoms with Gasteiger partial charge in [0.1, 0.15) is 12.0 Å². The van der Waals surface area contributed by atoms with E-state index in [1.54, 1.807) is 18.2 Å². The van der Waals surface area contributed by atoms with Gasteiger partial charge in [-0.15, -0.1) is 0 Å². The predicted molar refractivity (Wildman–Crippen MR) is 108 cm³/mol. The van der Waals surface area contributed by atoms with Gasteiger partial charge in [-0.05, 0) is 43.7 Å². The number of carbonyl (C=O) groups is 1. The van der Waals surface area contributed by atoms with E-state index in [0.29, 0.717) is 16.4 Å². The molecule has 0 atom stereocenters. The van der Waals surface area contributed by atoms with Crippen LogP contribution in [-0.2, 0) is 0 Å². The minimum Gasteiger partial charge on any atom is -0.393 e. The summed E-state index contributed by atoms with van der Waals surface area (Å²) in [4.78, 5) is 20.4. The average Bonchev–Trinajstić information content (AvgIpc) is 2.66. The van der Waals surface area contributed by atoms with E-state index in [1.165, 1.54) is 6.33 Å². The van der Waals surface area contributed by atoms with Crippen LogP contribution in [0, 0.1) is 13.8 Å². The first-order chi connectivity index (χ1) is 13.0. The second-order valence-corrected chi connectivity index (χ2v) is 6.37. The molecule has 0 aliphatic heterocycles. The maximum atomic E-state index is 12.2. The van der Waals surface area contributed by atoms with Crippen LogP contribution in [-0.4, -0.2) is 15.9 Å². The molecular formula is C19H19ClN6O. The quantitative estimate of drug-likeness (QED) is 0.500. The second-order valence-electron chi connectivity index (χ2n) is 5.97. The fourth-order valence-corrected chi connectivity index (χ4v) is 2.53. The molecule has 0 unspecified atom stereocenters. The highest BCUT2D eigenvalue weighted by Gasteiger charge is 2.12. The second kappa shape index (κ2) is 7.92. The Balaban J connectivity index is 1.74. The van der Waals surface area contributed by atoms with E-state index in [-0.39, 0.29) is 17.4 Å². The number of carbonyl (C=O) groups excluding carboxylic acids is 1. The molecule has 1 heterocycles. The molecule has 2 aromatic carbocycles. The van der Waals surface area contributed by atoms with Crippen molar-refractivity contribution < 1.29 is 4.79 Å². The zero-order valence-electron chi connectivity index (χ0n) is 14.9. The molecule has 0 spiro atoms. The van der Waals surface area contributed by atoms with E-state index < -0.39 is 0 Å². The third-order valence-corrected chi connectivity index (χ3v) is 4.42. The van der Waals surface area contributed by atoms with Crippen molar-refractivity contribution in [1.82, 2.24) is 15.4 Å². The van der Waals surface area contributed by atoms with E-state index >= 15 is 0 Å². The zero-order valence-corrected chi connectivity index (χ0v) is 15.6. The van der Waals surface area contributed by atoms with Crippen molar-refractivity contribution in [2.45, 2.75) is 13.8 Å². The molecule has 1 amide bonds. The van der Waals surface area contributed by atoms with Crippen LogP contribution >= 0.6 is 11.6 Å². The van der Waals surface area contributed by atoms with Crippen molar-refractivity contribution in [1.29, 1.82) is 0 Å². The summed E-state index contributed by atoms with van der Waals surface area (Å²) < 4.78 is 0. The molecule has 0 aliphatic carbocycles. The first-order valence-electron chi connectivity index (χ1n) is 8.21. The predicted octanol–water partition coefficient (Wildman–Crippen LogP) is 3.83. The van der Waals surface area contributed by atoms with E-state index in [9.17, 15) is 4.79 Å². The topological polar surface area (TPSA) is 105 Å². The third-order valence-electron chi connectivity index (χ3n) is 4.01. The highest BCUT2D eigenvalue weighted by Crippen LogP contribution is 2.29. The van der Waals surface area contributed by atoms with Gasteiger partial charge in [-0.2, -0.15) is 0 Å². The summed E-state index contributed by atoms with van der Waals surface area (Å²) >= 11 is 6.14. The maximum Gasteiger partial charge on any atom is 0.269 e. The first-order valence-corrected chi connectivity index (χ1v) is 8.59. The standard InChI is InChI=1S/C19H19ClN6O/c1-11-6-8-13(9-7-11)19(27)26-25-18-16(21)17(22-10-23-18)24-15-5-3-4-14(20)12(15)2/h3-10H,21H2,1-2H3,(H,26,27)(H2,22,23,24,25). The number of aryl methyl sites for hydroxylation is 1. The summed E-state index contributed by atoms with van der Waals surface area (Å²) in [6, 6.07) is 12.7. The molecule has 3 rings (SSSR count). The summed E-state index contributed by atoms with van der Waals surface area (Å²) in [5, 5.41) is 3.77. The van der Waals surface area contributed by atoms with Crippen LogP contribution in [0.15, 0.2) is 48.8 Å². The molecule has 5 N–H and O–H groups in total. The van der Waals surface area contributed by atoms with Crippen LogP contribution in [0.25, 0.3) is 0 Å². The zero-order chi connectivity index (χ0) is 19.4. The molecule has 0 saturated carbocycles. The molecule has 3 aromatic rings. The van der Waals surface area contributed by atoms with Gasteiger partial charge in [0.2, 0.25) is 0 Å². The van der Waals surface area contributed by atoms with Crippen molar-refractivity contribution in [3.05, 3.63) is 70.5 Å². The largest absolute Gasteiger partial charge is 0.393 e. The number of benzene rings is 2. The molecule has 0 fully saturated rings. The number of amides is 1. The fraction of sp³-hybridized carbons (Fsp3) is 0.105. The van der Waals surface area contributed by atoms with Gasteiger partial charge in [0.15, 0.2) is 11.6 Å². The Morgan fingerprint density at radius 2 is 1.74 bits per heavy atom. The molecule has 27 heavy (non-hydrogen) atoms. The number of hydrogen-bond acceptors (Lipinski definition) is 6. The minimum atomic E-state index is -0.298. The van der Waals surface area contributed by atoms with Gasteiger partial charge in [-0.1, -0.05) is 35.4 Å². The molecule has 8 heteroatoms. The molecule has 0 radical (unpaired) electrons. The fourth-order valence-electron chi connectivity index (χ4n) is 2.36. The van der Waals surface area contributed by atoms with Crippen LogP contribution in [0.1, 0.15) is 21.5 Å². The third kappa shape index (κ3) is 4.27. The Hall–Kier alpha value is -3.32. The lowest BCUT2D eigenvalue weighted by atomic mass is 10.1. The summed E-state index contributed by atoms with van der Waals surface area (Å²) in [6.45, 7) is 3.85. The summed E-state index contributed by atoms with van der Waals surface area (Å²) in [5.74, 6) is 0.392. The number of hydrazine groups is 1. The number of aromatic nitrogens is 2. The van der Waals surface area contributed by atoms with Gasteiger partial charge >= 0.3 is 0 Å². The number of nitrogen functional groups attached to an aromatic ring is 1. The number of anilines is 4. The number of nitrogens with two attached hydrogens (primary N) is 1. The highest BCUT2D eigenvalue weighted by atomic mass is 35.5. The Bertz CT molecular complexity index is 974. The van der Waals surface area contributed by atoms with Gasteiger partial charge in [0, 0.05) is 16.3 Å². The van der Waals surface area contributed by atoms with Crippen LogP contribution in [0.4, 0.5) is 23.0 Å². The smallest absolute Gasteiger partial charge is 0.269 e. The Kier molecular flexibility index (Phi) is 5.42. The van der Waals surface area contributed by atoms with Crippen molar-refractivity contribution in [3.8, 4) is 0 Å². The Labute approximate surface area is 162 Å². The van der Waals surface area contributed by atoms with Crippen LogP contribution in [0.5, 0.6) is 0 Å². The van der Waals surface area contributed by atoms with Gasteiger partial charge in [0.25, 0.3) is 5.91 Å². The molecule has 0 bridgehead atoms. The summed E-state index contributed by atoms with van der Waals surface area (Å²) in [6.07, 6.45) is 1.35. The van der Waals surface area contributed by atoms with Crippen molar-refractivity contribution >= 4 is 40.5 Å². The van der Waals surface area contributed by atoms with Crippen LogP contribution in [0.3, 0.4) is 0 Å². The first kappa shape index (κ1) is 18.5. The SMILES string of the molecule is Cc1ccc(C(=O)NNc2ncnc(Nc3cccc(Cl)c3C)c2N)cc1. The van der Waals surface area contributed by atoms with Crippen molar-refractivity contribution in [3.63, 3.8) is 0 Å². The molecule has 138 valence electrons. The number of nitrogens with one attached hydrogen (secondary N) is 3. The maximum absolute atomic E-state index is 12.2. The number of rotatable bonds is 5. The number of nitrogens with zero attached hydrogens (tertiary/aromatic N) is 2. The normalized spacial score (nSPS) is 10.3. The number of hydrogen-bond donors (Lipinski definition) is 4. The Morgan fingerprint density at radius 3 is 2.48 bits per heavy atom. The molecule has 1 aromatic heterocycles. The van der Waals surface area contributed by atoms with E-state index in [1.807, 2.05) is 38.1 Å². The minimum absolute atomic E-state index is 0.265. The van der Waals surface area contributed by atoms with Crippen LogP contribution < -0.4 is 21.9 Å². The highest BCUT2D eigenvalue weighted by molar-refractivity contribution is 6.31. The van der Waals surface area contributed by atoms with Gasteiger partial charge in [-0.3, -0.25) is 15.6 Å². The molecule has 7 nitrogen and oxygen atoms in total. The monoisotopic (exact) mass is 382 g/mol. The lowest BCUT2D eigenvalue weighted by Gasteiger charge is -2.14. The Morgan fingerprint density at radius 1 is 1.04 bits per heavy atom. The van der Waals surface area contributed by atoms with Crippen molar-refractivity contribution in [2.24, 2.45) is 0 Å².